The second kappa shape index (κ2) is 5.52. The summed E-state index contributed by atoms with van der Waals surface area (Å²) in [5.41, 5.74) is 2.19. The van der Waals surface area contributed by atoms with E-state index in [1.807, 2.05) is 12.1 Å². The molecule has 1 heterocycles. The summed E-state index contributed by atoms with van der Waals surface area (Å²) < 4.78 is 10.5. The summed E-state index contributed by atoms with van der Waals surface area (Å²) >= 11 is 0. The first kappa shape index (κ1) is 12.4. The maximum atomic E-state index is 10.2. The van der Waals surface area contributed by atoms with Gasteiger partial charge in [-0.25, -0.2) is 0 Å². The largest absolute Gasteiger partial charge is 0.493 e. The average molecular weight is 236 g/mol. The Morgan fingerprint density at radius 1 is 1.47 bits per heavy atom. The molecule has 0 spiro atoms. The lowest BCUT2D eigenvalue weighted by Gasteiger charge is -2.16. The fourth-order valence-corrected chi connectivity index (χ4v) is 2.28. The zero-order chi connectivity index (χ0) is 12.3. The average Bonchev–Trinajstić information content (AvgIpc) is 2.75. The molecule has 2 unspecified atom stereocenters. The first-order valence-corrected chi connectivity index (χ1v) is 6.13. The van der Waals surface area contributed by atoms with Gasteiger partial charge in [-0.3, -0.25) is 0 Å². The zero-order valence-electron chi connectivity index (χ0n) is 10.5. The molecule has 3 heteroatoms. The van der Waals surface area contributed by atoms with Gasteiger partial charge in [0.15, 0.2) is 0 Å². The fraction of sp³-hybridized carbons (Fsp3) is 0.571. The molecule has 1 aromatic carbocycles. The first-order chi connectivity index (χ1) is 8.20. The van der Waals surface area contributed by atoms with Gasteiger partial charge in [0.05, 0.1) is 12.7 Å². The van der Waals surface area contributed by atoms with Crippen LogP contribution in [0.4, 0.5) is 0 Å². The monoisotopic (exact) mass is 236 g/mol. The van der Waals surface area contributed by atoms with E-state index in [1.54, 1.807) is 7.11 Å². The van der Waals surface area contributed by atoms with Crippen LogP contribution >= 0.6 is 0 Å². The van der Waals surface area contributed by atoms with Crippen molar-refractivity contribution in [2.24, 2.45) is 5.92 Å². The van der Waals surface area contributed by atoms with Crippen LogP contribution in [-0.4, -0.2) is 25.4 Å². The Labute approximate surface area is 102 Å². The van der Waals surface area contributed by atoms with Gasteiger partial charge in [0, 0.05) is 20.1 Å². The molecule has 2 rings (SSSR count). The predicted octanol–water partition coefficient (Wildman–Crippen LogP) is 2.33. The molecule has 3 nitrogen and oxygen atoms in total. The molecule has 0 aromatic heterocycles. The van der Waals surface area contributed by atoms with Gasteiger partial charge in [0.25, 0.3) is 0 Å². The van der Waals surface area contributed by atoms with E-state index in [1.165, 1.54) is 5.56 Å². The van der Waals surface area contributed by atoms with Gasteiger partial charge in [-0.1, -0.05) is 13.0 Å². The smallest absolute Gasteiger partial charge is 0.122 e. The van der Waals surface area contributed by atoms with Crippen molar-refractivity contribution in [1.29, 1.82) is 0 Å². The van der Waals surface area contributed by atoms with Crippen LogP contribution in [0.2, 0.25) is 0 Å². The van der Waals surface area contributed by atoms with E-state index in [0.29, 0.717) is 12.5 Å². The molecular formula is C14H20O3. The molecule has 1 aliphatic rings. The van der Waals surface area contributed by atoms with Gasteiger partial charge in [-0.15, -0.1) is 0 Å². The Morgan fingerprint density at radius 3 is 3.06 bits per heavy atom. The molecule has 0 bridgehead atoms. The second-order valence-electron chi connectivity index (χ2n) is 4.78. The van der Waals surface area contributed by atoms with Crippen molar-refractivity contribution in [3.05, 3.63) is 29.3 Å². The Morgan fingerprint density at radius 2 is 2.29 bits per heavy atom. The van der Waals surface area contributed by atoms with Crippen LogP contribution in [0.3, 0.4) is 0 Å². The fourth-order valence-electron chi connectivity index (χ4n) is 2.28. The molecular weight excluding hydrogens is 216 g/mol. The number of fused-ring (bicyclic) bond motifs is 1. The van der Waals surface area contributed by atoms with Gasteiger partial charge < -0.3 is 14.6 Å². The molecule has 0 aliphatic carbocycles. The third-order valence-electron chi connectivity index (χ3n) is 3.18. The zero-order valence-corrected chi connectivity index (χ0v) is 10.5. The van der Waals surface area contributed by atoms with Gasteiger partial charge in [-0.2, -0.15) is 0 Å². The lowest BCUT2D eigenvalue weighted by molar-refractivity contribution is 0.102. The van der Waals surface area contributed by atoms with Gasteiger partial charge in [0.1, 0.15) is 5.75 Å². The van der Waals surface area contributed by atoms with Crippen LogP contribution in [0, 0.1) is 5.92 Å². The highest BCUT2D eigenvalue weighted by atomic mass is 16.5. The summed E-state index contributed by atoms with van der Waals surface area (Å²) in [7, 11) is 1.69. The molecule has 0 saturated carbocycles. The molecule has 0 radical (unpaired) electrons. The maximum absolute atomic E-state index is 10.2. The number of aliphatic hydroxyl groups excluding tert-OH is 1. The third-order valence-corrected chi connectivity index (χ3v) is 3.18. The molecule has 0 saturated heterocycles. The SMILES string of the molecule is COCC(C)CC(O)c1ccc2c(c1)CCO2. The summed E-state index contributed by atoms with van der Waals surface area (Å²) in [4.78, 5) is 0. The van der Waals surface area contributed by atoms with Crippen molar-refractivity contribution in [2.75, 3.05) is 20.3 Å². The summed E-state index contributed by atoms with van der Waals surface area (Å²) in [6.45, 7) is 3.53. The second-order valence-corrected chi connectivity index (χ2v) is 4.78. The quantitative estimate of drug-likeness (QED) is 0.852. The van der Waals surface area contributed by atoms with Crippen molar-refractivity contribution >= 4 is 0 Å². The Kier molecular flexibility index (Phi) is 4.02. The minimum atomic E-state index is -0.411. The van der Waals surface area contributed by atoms with Crippen LogP contribution in [0.25, 0.3) is 0 Å². The summed E-state index contributed by atoms with van der Waals surface area (Å²) in [5, 5.41) is 10.2. The molecule has 17 heavy (non-hydrogen) atoms. The number of benzene rings is 1. The minimum Gasteiger partial charge on any atom is -0.493 e. The van der Waals surface area contributed by atoms with E-state index in [4.69, 9.17) is 9.47 Å². The first-order valence-electron chi connectivity index (χ1n) is 6.13. The number of hydrogen-bond acceptors (Lipinski definition) is 3. The van der Waals surface area contributed by atoms with Gasteiger partial charge in [-0.05, 0) is 35.6 Å². The van der Waals surface area contributed by atoms with Crippen LogP contribution in [0.1, 0.15) is 30.6 Å². The van der Waals surface area contributed by atoms with E-state index in [-0.39, 0.29) is 0 Å². The molecule has 1 aromatic rings. The third kappa shape index (κ3) is 2.99. The molecule has 1 aliphatic heterocycles. The molecule has 2 atom stereocenters. The summed E-state index contributed by atoms with van der Waals surface area (Å²) in [6, 6.07) is 5.97. The van der Waals surface area contributed by atoms with Gasteiger partial charge in [0.2, 0.25) is 0 Å². The Balaban J connectivity index is 2.01. The Bertz CT molecular complexity index is 376. The lowest BCUT2D eigenvalue weighted by atomic mass is 9.97. The van der Waals surface area contributed by atoms with Crippen LogP contribution in [0.5, 0.6) is 5.75 Å². The number of aliphatic hydroxyl groups is 1. The maximum Gasteiger partial charge on any atom is 0.122 e. The van der Waals surface area contributed by atoms with Crippen molar-refractivity contribution in [3.63, 3.8) is 0 Å². The molecule has 1 N–H and O–H groups in total. The van der Waals surface area contributed by atoms with E-state index in [2.05, 4.69) is 13.0 Å². The Hall–Kier alpha value is -1.06. The van der Waals surface area contributed by atoms with Crippen LogP contribution < -0.4 is 4.74 Å². The molecule has 94 valence electrons. The highest BCUT2D eigenvalue weighted by molar-refractivity contribution is 5.40. The van der Waals surface area contributed by atoms with E-state index < -0.39 is 6.10 Å². The summed E-state index contributed by atoms with van der Waals surface area (Å²) in [6.07, 6.45) is 1.27. The minimum absolute atomic E-state index is 0.361. The van der Waals surface area contributed by atoms with E-state index in [0.717, 1.165) is 30.8 Å². The predicted molar refractivity (Wildman–Crippen MR) is 66.3 cm³/mol. The van der Waals surface area contributed by atoms with Gasteiger partial charge >= 0.3 is 0 Å². The molecule has 0 amide bonds. The standard InChI is InChI=1S/C14H20O3/c1-10(9-16-2)7-13(15)11-3-4-14-12(8-11)5-6-17-14/h3-4,8,10,13,15H,5-7,9H2,1-2H3. The lowest BCUT2D eigenvalue weighted by Crippen LogP contribution is -2.09. The number of hydrogen-bond donors (Lipinski definition) is 1. The number of rotatable bonds is 5. The van der Waals surface area contributed by atoms with Crippen molar-refractivity contribution < 1.29 is 14.6 Å². The normalized spacial score (nSPS) is 17.4. The highest BCUT2D eigenvalue weighted by Gasteiger charge is 2.17. The number of methoxy groups -OCH3 is 1. The van der Waals surface area contributed by atoms with E-state index >= 15 is 0 Å². The van der Waals surface area contributed by atoms with Crippen LogP contribution in [-0.2, 0) is 11.2 Å². The van der Waals surface area contributed by atoms with Crippen LogP contribution in [0.15, 0.2) is 18.2 Å². The highest BCUT2D eigenvalue weighted by Crippen LogP contribution is 2.30. The van der Waals surface area contributed by atoms with Crippen molar-refractivity contribution in [2.45, 2.75) is 25.9 Å². The van der Waals surface area contributed by atoms with E-state index in [9.17, 15) is 5.11 Å². The number of ether oxygens (including phenoxy) is 2. The molecule has 0 fully saturated rings. The van der Waals surface area contributed by atoms with Crippen molar-refractivity contribution in [1.82, 2.24) is 0 Å². The topological polar surface area (TPSA) is 38.7 Å². The van der Waals surface area contributed by atoms with Crippen molar-refractivity contribution in [3.8, 4) is 5.75 Å². The summed E-state index contributed by atoms with van der Waals surface area (Å²) in [5.74, 6) is 1.32.